The third kappa shape index (κ3) is 3.85. The first-order valence-corrected chi connectivity index (χ1v) is 7.81. The molecule has 0 N–H and O–H groups in total. The van der Waals surface area contributed by atoms with E-state index in [1.165, 1.54) is 19.3 Å². The summed E-state index contributed by atoms with van der Waals surface area (Å²) in [5, 5.41) is 0. The first-order valence-electron chi connectivity index (χ1n) is 7.27. The number of halogens is 1. The van der Waals surface area contributed by atoms with Crippen LogP contribution in [0.1, 0.15) is 45.7 Å². The van der Waals surface area contributed by atoms with E-state index in [-0.39, 0.29) is 0 Å². The van der Waals surface area contributed by atoms with E-state index in [9.17, 15) is 0 Å². The van der Waals surface area contributed by atoms with Gasteiger partial charge in [-0.15, -0.1) is 11.6 Å². The van der Waals surface area contributed by atoms with E-state index in [1.807, 2.05) is 6.07 Å². The molecule has 0 aromatic carbocycles. The molecule has 3 heteroatoms. The third-order valence-electron chi connectivity index (χ3n) is 4.21. The molecule has 1 aliphatic rings. The number of hydrogen-bond donors (Lipinski definition) is 0. The molecular weight excluding hydrogens is 256 g/mol. The van der Waals surface area contributed by atoms with Crippen LogP contribution in [0.15, 0.2) is 18.2 Å². The minimum absolute atomic E-state index is 0.418. The van der Waals surface area contributed by atoms with Gasteiger partial charge in [0, 0.05) is 13.1 Å². The third-order valence-corrected chi connectivity index (χ3v) is 4.48. The Labute approximate surface area is 122 Å². The van der Waals surface area contributed by atoms with E-state index < -0.39 is 0 Å². The zero-order valence-electron chi connectivity index (χ0n) is 12.3. The molecule has 1 aromatic rings. The van der Waals surface area contributed by atoms with Crippen molar-refractivity contribution in [1.82, 2.24) is 4.98 Å². The summed E-state index contributed by atoms with van der Waals surface area (Å²) in [6, 6.07) is 6.16. The lowest BCUT2D eigenvalue weighted by Gasteiger charge is -2.30. The Bertz CT molecular complexity index is 411. The SMILES string of the molecule is CC(C)(C)C1CCCN(c2cccc(CCl)n2)CC1. The molecule has 0 amide bonds. The van der Waals surface area contributed by atoms with Gasteiger partial charge in [-0.3, -0.25) is 0 Å². The molecule has 19 heavy (non-hydrogen) atoms. The van der Waals surface area contributed by atoms with E-state index in [1.54, 1.807) is 0 Å². The predicted molar refractivity (Wildman–Crippen MR) is 82.8 cm³/mol. The Kier molecular flexibility index (Phi) is 4.72. The molecule has 106 valence electrons. The highest BCUT2D eigenvalue weighted by Crippen LogP contribution is 2.34. The number of hydrogen-bond acceptors (Lipinski definition) is 2. The maximum Gasteiger partial charge on any atom is 0.128 e. The van der Waals surface area contributed by atoms with E-state index in [0.29, 0.717) is 11.3 Å². The molecule has 2 rings (SSSR count). The summed E-state index contributed by atoms with van der Waals surface area (Å²) in [5.41, 5.74) is 1.39. The summed E-state index contributed by atoms with van der Waals surface area (Å²) in [6.45, 7) is 9.31. The number of nitrogens with zero attached hydrogens (tertiary/aromatic N) is 2. The van der Waals surface area contributed by atoms with Crippen LogP contribution in [0, 0.1) is 11.3 Å². The van der Waals surface area contributed by atoms with Crippen molar-refractivity contribution in [3.05, 3.63) is 23.9 Å². The van der Waals surface area contributed by atoms with Crippen molar-refractivity contribution < 1.29 is 0 Å². The number of alkyl halides is 1. The quantitative estimate of drug-likeness (QED) is 0.743. The van der Waals surface area contributed by atoms with Crippen molar-refractivity contribution in [2.45, 2.75) is 45.9 Å². The van der Waals surface area contributed by atoms with Crippen molar-refractivity contribution in [3.8, 4) is 0 Å². The van der Waals surface area contributed by atoms with Crippen LogP contribution in [0.4, 0.5) is 5.82 Å². The van der Waals surface area contributed by atoms with Gasteiger partial charge in [0.15, 0.2) is 0 Å². The van der Waals surface area contributed by atoms with Crippen LogP contribution in [0.3, 0.4) is 0 Å². The molecule has 0 saturated carbocycles. The van der Waals surface area contributed by atoms with Crippen molar-refractivity contribution in [1.29, 1.82) is 0 Å². The second-order valence-electron chi connectivity index (χ2n) is 6.60. The highest BCUT2D eigenvalue weighted by atomic mass is 35.5. The maximum atomic E-state index is 5.87. The fourth-order valence-corrected chi connectivity index (χ4v) is 3.06. The minimum Gasteiger partial charge on any atom is -0.357 e. The standard InChI is InChI=1S/C16H25ClN2/c1-16(2,3)13-6-5-10-19(11-9-13)15-8-4-7-14(12-17)18-15/h4,7-8,13H,5-6,9-12H2,1-3H3. The molecule has 0 bridgehead atoms. The molecule has 1 fully saturated rings. The molecule has 0 spiro atoms. The van der Waals surface area contributed by atoms with E-state index >= 15 is 0 Å². The highest BCUT2D eigenvalue weighted by molar-refractivity contribution is 6.16. The molecule has 1 atom stereocenters. The largest absolute Gasteiger partial charge is 0.357 e. The number of anilines is 1. The average Bonchev–Trinajstić information content (AvgIpc) is 2.64. The van der Waals surface area contributed by atoms with Crippen molar-refractivity contribution in [3.63, 3.8) is 0 Å². The summed E-state index contributed by atoms with van der Waals surface area (Å²) in [5.74, 6) is 2.40. The topological polar surface area (TPSA) is 16.1 Å². The molecule has 1 aliphatic heterocycles. The summed E-state index contributed by atoms with van der Waals surface area (Å²) < 4.78 is 0. The summed E-state index contributed by atoms with van der Waals surface area (Å²) in [6.07, 6.45) is 3.85. The monoisotopic (exact) mass is 280 g/mol. The van der Waals surface area contributed by atoms with E-state index in [0.717, 1.165) is 30.5 Å². The molecule has 2 nitrogen and oxygen atoms in total. The summed E-state index contributed by atoms with van der Waals surface area (Å²) >= 11 is 5.87. The van der Waals surface area contributed by atoms with Gasteiger partial charge >= 0.3 is 0 Å². The van der Waals surface area contributed by atoms with Crippen molar-refractivity contribution >= 4 is 17.4 Å². The smallest absolute Gasteiger partial charge is 0.128 e. The predicted octanol–water partition coefficient (Wildman–Crippen LogP) is 4.47. The fraction of sp³-hybridized carbons (Fsp3) is 0.688. The molecule has 0 radical (unpaired) electrons. The molecule has 1 aromatic heterocycles. The van der Waals surface area contributed by atoms with Gasteiger partial charge in [-0.25, -0.2) is 4.98 Å². The zero-order chi connectivity index (χ0) is 13.9. The van der Waals surface area contributed by atoms with Crippen LogP contribution in [0.2, 0.25) is 0 Å². The van der Waals surface area contributed by atoms with Crippen molar-refractivity contribution in [2.24, 2.45) is 11.3 Å². The maximum absolute atomic E-state index is 5.87. The first-order chi connectivity index (χ1) is 9.00. The second-order valence-corrected chi connectivity index (χ2v) is 6.87. The number of pyridine rings is 1. The number of rotatable bonds is 2. The Morgan fingerprint density at radius 1 is 1.26 bits per heavy atom. The van der Waals surface area contributed by atoms with E-state index in [2.05, 4.69) is 42.8 Å². The molecule has 1 saturated heterocycles. The Hall–Kier alpha value is -0.760. The minimum atomic E-state index is 0.418. The lowest BCUT2D eigenvalue weighted by molar-refractivity contribution is 0.220. The van der Waals surface area contributed by atoms with Crippen molar-refractivity contribution in [2.75, 3.05) is 18.0 Å². The van der Waals surface area contributed by atoms with Crippen LogP contribution in [0.25, 0.3) is 0 Å². The fourth-order valence-electron chi connectivity index (χ4n) is 2.91. The van der Waals surface area contributed by atoms with Gasteiger partial charge in [-0.05, 0) is 42.7 Å². The normalized spacial score (nSPS) is 21.3. The molecule has 1 unspecified atom stereocenters. The zero-order valence-corrected chi connectivity index (χ0v) is 13.1. The second kappa shape index (κ2) is 6.13. The average molecular weight is 281 g/mol. The van der Waals surface area contributed by atoms with Gasteiger partial charge < -0.3 is 4.90 Å². The lowest BCUT2D eigenvalue weighted by Crippen LogP contribution is -2.26. The summed E-state index contributed by atoms with van der Waals surface area (Å²) in [7, 11) is 0. The Morgan fingerprint density at radius 2 is 2.05 bits per heavy atom. The van der Waals surface area contributed by atoms with Crippen LogP contribution >= 0.6 is 11.6 Å². The van der Waals surface area contributed by atoms with Crippen LogP contribution in [-0.4, -0.2) is 18.1 Å². The van der Waals surface area contributed by atoms with Crippen LogP contribution in [-0.2, 0) is 5.88 Å². The molecule has 2 heterocycles. The molecular formula is C16H25ClN2. The van der Waals surface area contributed by atoms with Gasteiger partial charge in [0.1, 0.15) is 5.82 Å². The van der Waals surface area contributed by atoms with Gasteiger partial charge in [0.25, 0.3) is 0 Å². The van der Waals surface area contributed by atoms with Gasteiger partial charge in [-0.2, -0.15) is 0 Å². The van der Waals surface area contributed by atoms with Gasteiger partial charge in [-0.1, -0.05) is 26.8 Å². The van der Waals surface area contributed by atoms with E-state index in [4.69, 9.17) is 11.6 Å². The highest BCUT2D eigenvalue weighted by Gasteiger charge is 2.27. The Morgan fingerprint density at radius 3 is 2.74 bits per heavy atom. The Balaban J connectivity index is 2.06. The van der Waals surface area contributed by atoms with Crippen LogP contribution < -0.4 is 4.90 Å². The van der Waals surface area contributed by atoms with Gasteiger partial charge in [0.2, 0.25) is 0 Å². The molecule has 0 aliphatic carbocycles. The first kappa shape index (κ1) is 14.6. The summed E-state index contributed by atoms with van der Waals surface area (Å²) in [4.78, 5) is 7.06. The van der Waals surface area contributed by atoms with Gasteiger partial charge in [0.05, 0.1) is 11.6 Å². The van der Waals surface area contributed by atoms with Crippen LogP contribution in [0.5, 0.6) is 0 Å². The number of aromatic nitrogens is 1. The lowest BCUT2D eigenvalue weighted by atomic mass is 9.77.